The molecule has 6 amide bonds. The molecule has 13 nitrogen and oxygen atoms in total. The Bertz CT molecular complexity index is 1560. The lowest BCUT2D eigenvalue weighted by atomic mass is 9.74. The normalized spacial score (nSPS) is 23.5. The molecule has 286 valence electrons. The average molecular weight is 723 g/mol. The molecule has 0 aliphatic heterocycles. The van der Waals surface area contributed by atoms with Crippen molar-refractivity contribution in [2.45, 2.75) is 105 Å². The largest absolute Gasteiger partial charge is 0.347 e. The van der Waals surface area contributed by atoms with Gasteiger partial charge in [-0.2, -0.15) is 0 Å². The third-order valence-electron chi connectivity index (χ3n) is 10.7. The molecule has 13 heteroatoms. The predicted octanol–water partition coefficient (Wildman–Crippen LogP) is 2.89. The van der Waals surface area contributed by atoms with E-state index >= 15 is 0 Å². The summed E-state index contributed by atoms with van der Waals surface area (Å²) in [5.41, 5.74) is -0.789. The smallest absolute Gasteiger partial charge is 0.315 e. The van der Waals surface area contributed by atoms with Gasteiger partial charge >= 0.3 is 6.03 Å². The minimum absolute atomic E-state index is 0.0953. The van der Waals surface area contributed by atoms with Crippen LogP contribution in [0.25, 0.3) is 0 Å². The summed E-state index contributed by atoms with van der Waals surface area (Å²) in [5, 5.41) is 13.6. The highest BCUT2D eigenvalue weighted by Gasteiger charge is 2.70. The third-order valence-corrected chi connectivity index (χ3v) is 10.7. The summed E-state index contributed by atoms with van der Waals surface area (Å²) in [7, 11) is 3.14. The molecule has 0 spiro atoms. The zero-order valence-corrected chi connectivity index (χ0v) is 32.3. The van der Waals surface area contributed by atoms with E-state index in [-0.39, 0.29) is 41.3 Å². The summed E-state index contributed by atoms with van der Waals surface area (Å²) in [6.45, 7) is 14.7. The number of ketones is 2. The number of carbonyl (C=O) groups is 7. The molecule has 1 aromatic carbocycles. The standard InChI is InChI=1S/C39H58N6O7/c1-37(2,3)32(43-36(52)44-38(4,5)6)30(47)23-19-24-28(39(24,7)8)27(23)33(49)41-25(18-21-16-17-21)31(48)34(50)40-20-26(46)42-29(35(51)45(9)10)22-14-12-11-13-15-22/h11-15,21,23-25,27-29,32H,16-20H2,1-10H3,(H,40,50)(H,41,49)(H,42,46)(H2,43,44,52)/t23?,24-,25?,27-,28-,29-,32+/m0/s1. The van der Waals surface area contributed by atoms with Gasteiger partial charge in [-0.05, 0) is 67.8 Å². The monoisotopic (exact) mass is 722 g/mol. The Morgan fingerprint density at radius 3 is 2.04 bits per heavy atom. The van der Waals surface area contributed by atoms with Gasteiger partial charge in [-0.25, -0.2) is 4.79 Å². The Morgan fingerprint density at radius 2 is 1.50 bits per heavy atom. The zero-order valence-electron chi connectivity index (χ0n) is 32.3. The van der Waals surface area contributed by atoms with Crippen LogP contribution >= 0.6 is 0 Å². The molecule has 0 radical (unpaired) electrons. The quantitative estimate of drug-likeness (QED) is 0.183. The van der Waals surface area contributed by atoms with E-state index < -0.39 is 77.0 Å². The summed E-state index contributed by atoms with van der Waals surface area (Å²) in [4.78, 5) is 95.3. The molecular formula is C39H58N6O7. The van der Waals surface area contributed by atoms with Crippen molar-refractivity contribution in [2.24, 2.45) is 40.4 Å². The molecule has 7 atom stereocenters. The molecule has 0 heterocycles. The lowest BCUT2D eigenvalue weighted by molar-refractivity contribution is -0.142. The summed E-state index contributed by atoms with van der Waals surface area (Å²) < 4.78 is 0. The Labute approximate surface area is 307 Å². The number of nitrogens with zero attached hydrogens (tertiary/aromatic N) is 1. The number of fused-ring (bicyclic) bond motifs is 1. The van der Waals surface area contributed by atoms with E-state index in [0.717, 1.165) is 12.8 Å². The van der Waals surface area contributed by atoms with Gasteiger partial charge in [0, 0.05) is 25.6 Å². The topological polar surface area (TPSA) is 183 Å². The van der Waals surface area contributed by atoms with E-state index in [1.54, 1.807) is 44.4 Å². The molecule has 3 saturated carbocycles. The number of likely N-dealkylation sites (N-methyl/N-ethyl adjacent to an activating group) is 1. The maximum atomic E-state index is 14.3. The Kier molecular flexibility index (Phi) is 12.0. The van der Waals surface area contributed by atoms with Gasteiger partial charge in [-0.3, -0.25) is 28.8 Å². The van der Waals surface area contributed by atoms with E-state index in [4.69, 9.17) is 0 Å². The summed E-state index contributed by atoms with van der Waals surface area (Å²) >= 11 is 0. The van der Waals surface area contributed by atoms with Crippen molar-refractivity contribution in [3.63, 3.8) is 0 Å². The van der Waals surface area contributed by atoms with Gasteiger partial charge in [-0.15, -0.1) is 0 Å². The molecule has 2 unspecified atom stereocenters. The van der Waals surface area contributed by atoms with Crippen LogP contribution in [0.1, 0.15) is 92.7 Å². The van der Waals surface area contributed by atoms with Gasteiger partial charge in [0.15, 0.2) is 5.78 Å². The first-order chi connectivity index (χ1) is 24.0. The van der Waals surface area contributed by atoms with Crippen LogP contribution in [0, 0.1) is 40.4 Å². The van der Waals surface area contributed by atoms with E-state index in [1.807, 2.05) is 41.5 Å². The minimum Gasteiger partial charge on any atom is -0.347 e. The van der Waals surface area contributed by atoms with Gasteiger partial charge in [0.25, 0.3) is 5.91 Å². The summed E-state index contributed by atoms with van der Waals surface area (Å²) in [5.74, 6) is -4.85. The van der Waals surface area contributed by atoms with Crippen LogP contribution in [0.4, 0.5) is 4.79 Å². The second-order valence-corrected chi connectivity index (χ2v) is 17.8. The molecule has 3 aliphatic carbocycles. The molecular weight excluding hydrogens is 664 g/mol. The van der Waals surface area contributed by atoms with Crippen molar-refractivity contribution in [1.29, 1.82) is 0 Å². The molecule has 3 aliphatic rings. The minimum atomic E-state index is -1.14. The van der Waals surface area contributed by atoms with Crippen molar-refractivity contribution in [3.8, 4) is 0 Å². The molecule has 0 saturated heterocycles. The lowest BCUT2D eigenvalue weighted by Gasteiger charge is -2.36. The number of amides is 6. The molecule has 1 aromatic rings. The number of urea groups is 1. The zero-order chi connectivity index (χ0) is 38.9. The fourth-order valence-corrected chi connectivity index (χ4v) is 7.69. The molecule has 0 aromatic heterocycles. The fourth-order valence-electron chi connectivity index (χ4n) is 7.69. The average Bonchev–Trinajstić information content (AvgIpc) is 3.90. The van der Waals surface area contributed by atoms with Crippen molar-refractivity contribution in [3.05, 3.63) is 35.9 Å². The third kappa shape index (κ3) is 9.77. The first-order valence-corrected chi connectivity index (χ1v) is 18.3. The maximum absolute atomic E-state index is 14.3. The highest BCUT2D eigenvalue weighted by molar-refractivity contribution is 6.38. The van der Waals surface area contributed by atoms with Crippen LogP contribution in [0.3, 0.4) is 0 Å². The van der Waals surface area contributed by atoms with Gasteiger partial charge in [0.2, 0.25) is 23.5 Å². The molecule has 0 bridgehead atoms. The van der Waals surface area contributed by atoms with Gasteiger partial charge in [0.1, 0.15) is 6.04 Å². The maximum Gasteiger partial charge on any atom is 0.315 e. The summed E-state index contributed by atoms with van der Waals surface area (Å²) in [6, 6.07) is 5.21. The number of carbonyl (C=O) groups excluding carboxylic acids is 7. The predicted molar refractivity (Wildman–Crippen MR) is 195 cm³/mol. The summed E-state index contributed by atoms with van der Waals surface area (Å²) in [6.07, 6.45) is 2.48. The molecule has 5 N–H and O–H groups in total. The van der Waals surface area contributed by atoms with Crippen LogP contribution in [-0.2, 0) is 28.8 Å². The second-order valence-electron chi connectivity index (χ2n) is 17.8. The molecule has 3 fully saturated rings. The van der Waals surface area contributed by atoms with Crippen LogP contribution in [-0.4, -0.2) is 84.4 Å². The van der Waals surface area contributed by atoms with Crippen molar-refractivity contribution in [1.82, 2.24) is 31.5 Å². The SMILES string of the molecule is CN(C)C(=O)[C@@H](NC(=O)CNC(=O)C(=O)C(CC1CC1)NC(=O)[C@H]1C(C(=O)[C@@H](NC(=O)NC(C)(C)C)C(C)(C)C)C[C@H]2[C@@H]1C2(C)C)c1ccccc1. The second kappa shape index (κ2) is 15.4. The van der Waals surface area contributed by atoms with Gasteiger partial charge in [0.05, 0.1) is 24.5 Å². The number of hydrogen-bond acceptors (Lipinski definition) is 7. The number of rotatable bonds is 14. The number of benzene rings is 1. The van der Waals surface area contributed by atoms with Crippen molar-refractivity contribution >= 4 is 41.2 Å². The van der Waals surface area contributed by atoms with E-state index in [0.29, 0.717) is 12.0 Å². The first kappa shape index (κ1) is 40.5. The van der Waals surface area contributed by atoms with Crippen LogP contribution in [0.5, 0.6) is 0 Å². The first-order valence-electron chi connectivity index (χ1n) is 18.3. The lowest BCUT2D eigenvalue weighted by Crippen LogP contribution is -2.58. The van der Waals surface area contributed by atoms with E-state index in [2.05, 4.69) is 40.4 Å². The van der Waals surface area contributed by atoms with Crippen LogP contribution in [0.15, 0.2) is 30.3 Å². The van der Waals surface area contributed by atoms with Gasteiger partial charge < -0.3 is 31.5 Å². The van der Waals surface area contributed by atoms with Crippen molar-refractivity contribution in [2.75, 3.05) is 20.6 Å². The van der Waals surface area contributed by atoms with Crippen LogP contribution < -0.4 is 26.6 Å². The number of nitrogens with one attached hydrogen (secondary N) is 5. The highest BCUT2D eigenvalue weighted by Crippen LogP contribution is 2.71. The Hall–Kier alpha value is -4.29. The van der Waals surface area contributed by atoms with E-state index in [1.165, 1.54) is 4.90 Å². The van der Waals surface area contributed by atoms with E-state index in [9.17, 15) is 33.6 Å². The van der Waals surface area contributed by atoms with Crippen molar-refractivity contribution < 1.29 is 33.6 Å². The molecule has 52 heavy (non-hydrogen) atoms. The Balaban J connectivity index is 1.46. The van der Waals surface area contributed by atoms with Crippen LogP contribution in [0.2, 0.25) is 0 Å². The Morgan fingerprint density at radius 1 is 0.885 bits per heavy atom. The molecule has 4 rings (SSSR count). The number of Topliss-reactive ketones (excluding diaryl/α,β-unsaturated/α-hetero) is 2. The fraction of sp³-hybridized carbons (Fsp3) is 0.667. The van der Waals surface area contributed by atoms with Gasteiger partial charge in [-0.1, -0.05) is 77.8 Å². The highest BCUT2D eigenvalue weighted by atomic mass is 16.2. The number of hydrogen-bond donors (Lipinski definition) is 5.